The van der Waals surface area contributed by atoms with Gasteiger partial charge >= 0.3 is 0 Å². The first-order chi connectivity index (χ1) is 7.34. The maximum absolute atomic E-state index is 14.0. The lowest BCUT2D eigenvalue weighted by molar-refractivity contribution is -0.0171. The Morgan fingerprint density at radius 3 is 2.50 bits per heavy atom. The van der Waals surface area contributed by atoms with E-state index < -0.39 is 11.4 Å². The van der Waals surface area contributed by atoms with Crippen molar-refractivity contribution in [3.8, 4) is 0 Å². The molecule has 0 aliphatic heterocycles. The Hall–Kier alpha value is -0.120. The van der Waals surface area contributed by atoms with Gasteiger partial charge in [0.2, 0.25) is 0 Å². The van der Waals surface area contributed by atoms with E-state index in [0.29, 0.717) is 10.9 Å². The first-order valence-corrected chi connectivity index (χ1v) is 6.38. The Morgan fingerprint density at radius 2 is 2.06 bits per heavy atom. The third-order valence-electron chi connectivity index (χ3n) is 3.00. The van der Waals surface area contributed by atoms with Crippen molar-refractivity contribution >= 4 is 27.5 Å². The van der Waals surface area contributed by atoms with E-state index in [1.807, 2.05) is 20.8 Å². The fraction of sp³-hybridized carbons (Fsp3) is 0.500. The highest BCUT2D eigenvalue weighted by molar-refractivity contribution is 9.10. The van der Waals surface area contributed by atoms with Gasteiger partial charge in [0.05, 0.1) is 10.6 Å². The molecule has 0 spiro atoms. The Bertz CT molecular complexity index is 395. The van der Waals surface area contributed by atoms with Gasteiger partial charge in [0.1, 0.15) is 5.82 Å². The third-order valence-corrected chi connectivity index (χ3v) is 4.25. The molecule has 16 heavy (non-hydrogen) atoms. The van der Waals surface area contributed by atoms with Crippen LogP contribution in [0.1, 0.15) is 32.8 Å². The van der Waals surface area contributed by atoms with Crippen molar-refractivity contribution in [1.29, 1.82) is 0 Å². The van der Waals surface area contributed by atoms with Gasteiger partial charge in [0.25, 0.3) is 0 Å². The Labute approximate surface area is 109 Å². The van der Waals surface area contributed by atoms with Crippen molar-refractivity contribution in [2.45, 2.75) is 32.8 Å². The fourth-order valence-corrected chi connectivity index (χ4v) is 2.24. The van der Waals surface area contributed by atoms with Crippen LogP contribution in [0.5, 0.6) is 0 Å². The summed E-state index contributed by atoms with van der Waals surface area (Å²) >= 11 is 8.97. The van der Waals surface area contributed by atoms with E-state index in [9.17, 15) is 9.50 Å². The molecule has 0 fully saturated rings. The molecule has 1 atom stereocenters. The van der Waals surface area contributed by atoms with Gasteiger partial charge in [0, 0.05) is 10.0 Å². The average Bonchev–Trinajstić information content (AvgIpc) is 2.25. The minimum atomic E-state index is -1.17. The van der Waals surface area contributed by atoms with Crippen molar-refractivity contribution < 1.29 is 9.50 Å². The molecule has 1 aromatic rings. The van der Waals surface area contributed by atoms with Gasteiger partial charge in [-0.3, -0.25) is 0 Å². The second-order valence-corrected chi connectivity index (χ2v) is 5.39. The second-order valence-electron chi connectivity index (χ2n) is 4.16. The van der Waals surface area contributed by atoms with E-state index in [2.05, 4.69) is 15.9 Å². The molecule has 0 aromatic heterocycles. The molecule has 4 heteroatoms. The topological polar surface area (TPSA) is 20.2 Å². The highest BCUT2D eigenvalue weighted by Gasteiger charge is 2.34. The number of halogens is 3. The Morgan fingerprint density at radius 1 is 1.50 bits per heavy atom. The van der Waals surface area contributed by atoms with E-state index in [4.69, 9.17) is 11.6 Å². The van der Waals surface area contributed by atoms with Gasteiger partial charge in [-0.15, -0.1) is 0 Å². The van der Waals surface area contributed by atoms with Crippen LogP contribution < -0.4 is 0 Å². The summed E-state index contributed by atoms with van der Waals surface area (Å²) in [4.78, 5) is 0. The summed E-state index contributed by atoms with van der Waals surface area (Å²) in [5.41, 5.74) is -0.910. The van der Waals surface area contributed by atoms with Crippen molar-refractivity contribution in [2.24, 2.45) is 5.92 Å². The minimum absolute atomic E-state index is 0.0185. The van der Waals surface area contributed by atoms with Gasteiger partial charge in [-0.1, -0.05) is 38.4 Å². The molecule has 0 bridgehead atoms. The van der Waals surface area contributed by atoms with E-state index in [0.717, 1.165) is 0 Å². The summed E-state index contributed by atoms with van der Waals surface area (Å²) in [5.74, 6) is -0.627. The molecule has 1 unspecified atom stereocenters. The van der Waals surface area contributed by atoms with Crippen LogP contribution in [0.3, 0.4) is 0 Å². The molecule has 0 saturated carbocycles. The molecule has 0 aliphatic carbocycles. The van der Waals surface area contributed by atoms with Crippen LogP contribution in [0, 0.1) is 11.7 Å². The first-order valence-electron chi connectivity index (χ1n) is 5.21. The third kappa shape index (κ3) is 2.27. The van der Waals surface area contributed by atoms with E-state index in [1.165, 1.54) is 0 Å². The summed E-state index contributed by atoms with van der Waals surface area (Å²) in [7, 11) is 0. The normalized spacial score (nSPS) is 15.2. The molecule has 0 aliphatic rings. The number of aliphatic hydroxyl groups is 1. The fourth-order valence-electron chi connectivity index (χ4n) is 1.77. The van der Waals surface area contributed by atoms with E-state index in [1.54, 1.807) is 12.1 Å². The van der Waals surface area contributed by atoms with Gasteiger partial charge in [0.15, 0.2) is 0 Å². The zero-order valence-electron chi connectivity index (χ0n) is 9.52. The van der Waals surface area contributed by atoms with Crippen LogP contribution in [0.15, 0.2) is 16.6 Å². The van der Waals surface area contributed by atoms with Gasteiger partial charge in [-0.2, -0.15) is 0 Å². The van der Waals surface area contributed by atoms with Crippen LogP contribution in [0.25, 0.3) is 0 Å². The lowest BCUT2D eigenvalue weighted by Gasteiger charge is -2.32. The molecule has 0 heterocycles. The van der Waals surface area contributed by atoms with Crippen LogP contribution in [-0.2, 0) is 5.60 Å². The maximum Gasteiger partial charge on any atom is 0.149 e. The first kappa shape index (κ1) is 13.9. The summed E-state index contributed by atoms with van der Waals surface area (Å²) in [6, 6.07) is 3.23. The monoisotopic (exact) mass is 308 g/mol. The number of hydrogen-bond acceptors (Lipinski definition) is 1. The summed E-state index contributed by atoms with van der Waals surface area (Å²) in [6.07, 6.45) is 0.444. The molecule has 1 rings (SSSR count). The number of rotatable bonds is 3. The van der Waals surface area contributed by atoms with Crippen molar-refractivity contribution in [3.63, 3.8) is 0 Å². The lowest BCUT2D eigenvalue weighted by atomic mass is 9.81. The van der Waals surface area contributed by atoms with Crippen molar-refractivity contribution in [2.75, 3.05) is 0 Å². The molecule has 1 N–H and O–H groups in total. The smallest absolute Gasteiger partial charge is 0.149 e. The molecular weight excluding hydrogens is 294 g/mol. The largest absolute Gasteiger partial charge is 0.385 e. The maximum atomic E-state index is 14.0. The summed E-state index contributed by atoms with van der Waals surface area (Å²) < 4.78 is 14.5. The minimum Gasteiger partial charge on any atom is -0.385 e. The number of benzene rings is 1. The molecule has 1 aromatic carbocycles. The average molecular weight is 310 g/mol. The molecule has 0 amide bonds. The standard InChI is InChI=1S/C12H15BrClFO/c1-4-12(16,7(2)3)8-5-6-9(13)10(14)11(8)15/h5-7,16H,4H2,1-3H3. The molecule has 0 saturated heterocycles. The summed E-state index contributed by atoms with van der Waals surface area (Å²) in [6.45, 7) is 5.55. The number of hydrogen-bond donors (Lipinski definition) is 1. The van der Waals surface area contributed by atoms with Gasteiger partial charge < -0.3 is 5.11 Å². The predicted molar refractivity (Wildman–Crippen MR) is 68.1 cm³/mol. The van der Waals surface area contributed by atoms with Gasteiger partial charge in [-0.25, -0.2) is 4.39 Å². The van der Waals surface area contributed by atoms with Crippen LogP contribution in [0.2, 0.25) is 5.02 Å². The van der Waals surface area contributed by atoms with E-state index >= 15 is 0 Å². The molecule has 90 valence electrons. The van der Waals surface area contributed by atoms with Crippen LogP contribution >= 0.6 is 27.5 Å². The van der Waals surface area contributed by atoms with Gasteiger partial charge in [-0.05, 0) is 34.3 Å². The Balaban J connectivity index is 3.38. The lowest BCUT2D eigenvalue weighted by Crippen LogP contribution is -2.32. The summed E-state index contributed by atoms with van der Waals surface area (Å²) in [5, 5.41) is 10.5. The highest BCUT2D eigenvalue weighted by atomic mass is 79.9. The Kier molecular flexibility index (Phi) is 4.38. The second kappa shape index (κ2) is 5.03. The molecular formula is C12H15BrClFO. The van der Waals surface area contributed by atoms with Crippen molar-refractivity contribution in [3.05, 3.63) is 33.0 Å². The van der Waals surface area contributed by atoms with Crippen molar-refractivity contribution in [1.82, 2.24) is 0 Å². The molecule has 0 radical (unpaired) electrons. The van der Waals surface area contributed by atoms with E-state index in [-0.39, 0.29) is 16.5 Å². The van der Waals surface area contributed by atoms with Crippen LogP contribution in [0.4, 0.5) is 4.39 Å². The zero-order valence-corrected chi connectivity index (χ0v) is 11.9. The molecule has 1 nitrogen and oxygen atoms in total. The van der Waals surface area contributed by atoms with Crippen LogP contribution in [-0.4, -0.2) is 5.11 Å². The zero-order chi connectivity index (χ0) is 12.5. The highest BCUT2D eigenvalue weighted by Crippen LogP contribution is 2.38. The SMILES string of the molecule is CCC(O)(c1ccc(Br)c(Cl)c1F)C(C)C. The quantitative estimate of drug-likeness (QED) is 0.815. The predicted octanol–water partition coefficient (Wildman–Crippen LogP) is 4.50.